The minimum Gasteiger partial charge on any atom is -0.443 e. The summed E-state index contributed by atoms with van der Waals surface area (Å²) in [5.41, 5.74) is 7.46. The van der Waals surface area contributed by atoms with Crippen LogP contribution >= 0.6 is 11.8 Å². The summed E-state index contributed by atoms with van der Waals surface area (Å²) in [6.45, 7) is 6.84. The highest BCUT2D eigenvalue weighted by Gasteiger charge is 2.29. The first-order chi connectivity index (χ1) is 8.19. The molecular formula is C10H16N4O3S. The van der Waals surface area contributed by atoms with E-state index in [4.69, 9.17) is 10.5 Å². The first-order valence-corrected chi connectivity index (χ1v) is 6.15. The molecule has 0 aliphatic carbocycles. The summed E-state index contributed by atoms with van der Waals surface area (Å²) in [6.07, 6.45) is -0.675. The molecule has 1 aliphatic heterocycles. The van der Waals surface area contributed by atoms with Gasteiger partial charge in [-0.2, -0.15) is 10.1 Å². The molecule has 2 amide bonds. The third-order valence-corrected chi connectivity index (χ3v) is 2.90. The molecule has 0 bridgehead atoms. The molecule has 0 aromatic rings. The zero-order chi connectivity index (χ0) is 13.9. The van der Waals surface area contributed by atoms with Gasteiger partial charge < -0.3 is 10.5 Å². The van der Waals surface area contributed by atoms with Crippen molar-refractivity contribution in [1.29, 1.82) is 0 Å². The predicted octanol–water partition coefficient (Wildman–Crippen LogP) is 0.844. The molecule has 0 aromatic carbocycles. The Morgan fingerprint density at radius 2 is 2.17 bits per heavy atom. The minimum absolute atomic E-state index is 0.205. The number of nitrogens with two attached hydrogens (primary N) is 1. The highest BCUT2D eigenvalue weighted by Crippen LogP contribution is 2.20. The van der Waals surface area contributed by atoms with Gasteiger partial charge in [-0.1, -0.05) is 11.8 Å². The quantitative estimate of drug-likeness (QED) is 0.572. The summed E-state index contributed by atoms with van der Waals surface area (Å²) in [4.78, 5) is 26.3. The molecular weight excluding hydrogens is 256 g/mol. The number of thioether (sulfide) groups is 1. The van der Waals surface area contributed by atoms with Gasteiger partial charge in [-0.05, 0) is 27.7 Å². The molecule has 8 heteroatoms. The van der Waals surface area contributed by atoms with Crippen LogP contribution in [-0.4, -0.2) is 33.7 Å². The second-order valence-corrected chi connectivity index (χ2v) is 5.78. The van der Waals surface area contributed by atoms with Crippen LogP contribution in [-0.2, 0) is 9.53 Å². The van der Waals surface area contributed by atoms with Crippen molar-refractivity contribution < 1.29 is 14.3 Å². The van der Waals surface area contributed by atoms with Gasteiger partial charge in [0.2, 0.25) is 0 Å². The summed E-state index contributed by atoms with van der Waals surface area (Å²) in [7, 11) is 0. The normalized spacial score (nSPS) is 20.7. The maximum Gasteiger partial charge on any atom is 0.428 e. The molecule has 0 saturated heterocycles. The van der Waals surface area contributed by atoms with E-state index < -0.39 is 16.9 Å². The molecule has 1 unspecified atom stereocenters. The zero-order valence-electron chi connectivity index (χ0n) is 10.7. The number of nitrogens with zero attached hydrogens (tertiary/aromatic N) is 2. The van der Waals surface area contributed by atoms with Crippen molar-refractivity contribution in [3.05, 3.63) is 0 Å². The summed E-state index contributed by atoms with van der Waals surface area (Å²) in [6, 6.07) is 0. The Kier molecular flexibility index (Phi) is 4.33. The van der Waals surface area contributed by atoms with E-state index in [0.717, 1.165) is 11.8 Å². The summed E-state index contributed by atoms with van der Waals surface area (Å²) >= 11 is 1.10. The molecule has 0 aromatic heterocycles. The van der Waals surface area contributed by atoms with Gasteiger partial charge in [0.25, 0.3) is 5.91 Å². The number of rotatable bonds is 2. The van der Waals surface area contributed by atoms with Gasteiger partial charge in [0.15, 0.2) is 5.17 Å². The molecule has 100 valence electrons. The van der Waals surface area contributed by atoms with Crippen molar-refractivity contribution >= 4 is 34.6 Å². The van der Waals surface area contributed by atoms with E-state index in [1.807, 2.05) is 0 Å². The monoisotopic (exact) mass is 272 g/mol. The van der Waals surface area contributed by atoms with Crippen molar-refractivity contribution in [1.82, 2.24) is 5.43 Å². The maximum absolute atomic E-state index is 11.4. The highest BCUT2D eigenvalue weighted by atomic mass is 32.2. The van der Waals surface area contributed by atoms with Gasteiger partial charge in [0, 0.05) is 0 Å². The number of amides is 2. The Morgan fingerprint density at radius 1 is 1.56 bits per heavy atom. The third kappa shape index (κ3) is 4.36. The van der Waals surface area contributed by atoms with Crippen LogP contribution in [0.15, 0.2) is 10.1 Å². The number of hydrogen-bond donors (Lipinski definition) is 2. The Labute approximate surface area is 109 Å². The largest absolute Gasteiger partial charge is 0.443 e. The van der Waals surface area contributed by atoms with E-state index >= 15 is 0 Å². The molecule has 1 aliphatic rings. The molecule has 18 heavy (non-hydrogen) atoms. The van der Waals surface area contributed by atoms with Gasteiger partial charge in [-0.25, -0.2) is 10.2 Å². The third-order valence-electron chi connectivity index (χ3n) is 1.79. The zero-order valence-corrected chi connectivity index (χ0v) is 11.5. The smallest absolute Gasteiger partial charge is 0.428 e. The van der Waals surface area contributed by atoms with E-state index in [9.17, 15) is 9.59 Å². The topological polar surface area (TPSA) is 106 Å². The SMILES string of the molecule is C/C(=N\NC(=O)OC(C)(C)C)C1SC(N)=NC1=O. The van der Waals surface area contributed by atoms with Crippen molar-refractivity contribution in [2.24, 2.45) is 15.8 Å². The molecule has 1 atom stereocenters. The molecule has 1 heterocycles. The lowest BCUT2D eigenvalue weighted by molar-refractivity contribution is -0.116. The van der Waals surface area contributed by atoms with Gasteiger partial charge in [-0.15, -0.1) is 0 Å². The van der Waals surface area contributed by atoms with E-state index in [1.165, 1.54) is 0 Å². The maximum atomic E-state index is 11.4. The van der Waals surface area contributed by atoms with Crippen LogP contribution in [0.1, 0.15) is 27.7 Å². The highest BCUT2D eigenvalue weighted by molar-refractivity contribution is 8.16. The van der Waals surface area contributed by atoms with E-state index in [-0.39, 0.29) is 11.1 Å². The van der Waals surface area contributed by atoms with Crippen LogP contribution in [0, 0.1) is 0 Å². The van der Waals surface area contributed by atoms with Gasteiger partial charge in [-0.3, -0.25) is 4.79 Å². The Morgan fingerprint density at radius 3 is 2.61 bits per heavy atom. The van der Waals surface area contributed by atoms with Crippen LogP contribution in [0.3, 0.4) is 0 Å². The molecule has 0 fully saturated rings. The fourth-order valence-electron chi connectivity index (χ4n) is 1.12. The van der Waals surface area contributed by atoms with Crippen molar-refractivity contribution in [2.45, 2.75) is 38.5 Å². The fourth-order valence-corrected chi connectivity index (χ4v) is 1.88. The second-order valence-electron chi connectivity index (χ2n) is 4.65. The standard InChI is InChI=1S/C10H16N4O3S/c1-5(6-7(15)12-8(11)18-6)13-14-9(16)17-10(2,3)4/h6H,1-4H3,(H,14,16)(H2,11,12,15)/b13-5+. The number of amidine groups is 1. The van der Waals surface area contributed by atoms with E-state index in [2.05, 4.69) is 15.5 Å². The first kappa shape index (κ1) is 14.5. The fraction of sp³-hybridized carbons (Fsp3) is 0.600. The number of ether oxygens (including phenoxy) is 1. The Hall–Kier alpha value is -1.57. The van der Waals surface area contributed by atoms with Crippen LogP contribution in [0.4, 0.5) is 4.79 Å². The summed E-state index contributed by atoms with van der Waals surface area (Å²) < 4.78 is 5.00. The van der Waals surface area contributed by atoms with Crippen molar-refractivity contribution in [3.63, 3.8) is 0 Å². The molecule has 1 rings (SSSR count). The molecule has 0 spiro atoms. The lowest BCUT2D eigenvalue weighted by Gasteiger charge is -2.18. The van der Waals surface area contributed by atoms with E-state index in [0.29, 0.717) is 5.71 Å². The molecule has 7 nitrogen and oxygen atoms in total. The van der Waals surface area contributed by atoms with Gasteiger partial charge in [0.1, 0.15) is 10.9 Å². The van der Waals surface area contributed by atoms with E-state index in [1.54, 1.807) is 27.7 Å². The lowest BCUT2D eigenvalue weighted by atomic mass is 10.2. The number of carbonyl (C=O) groups is 2. The van der Waals surface area contributed by atoms with Crippen molar-refractivity contribution in [3.8, 4) is 0 Å². The summed E-state index contributed by atoms with van der Waals surface area (Å²) in [5, 5.41) is 3.43. The lowest BCUT2D eigenvalue weighted by Crippen LogP contribution is -2.31. The summed E-state index contributed by atoms with van der Waals surface area (Å²) in [5.74, 6) is -0.371. The predicted molar refractivity (Wildman–Crippen MR) is 70.5 cm³/mol. The van der Waals surface area contributed by atoms with Gasteiger partial charge in [0.05, 0.1) is 5.71 Å². The number of carbonyl (C=O) groups excluding carboxylic acids is 2. The van der Waals surface area contributed by atoms with Crippen LogP contribution < -0.4 is 11.2 Å². The average Bonchev–Trinajstić information content (AvgIpc) is 2.52. The van der Waals surface area contributed by atoms with Crippen LogP contribution in [0.5, 0.6) is 0 Å². The molecule has 0 saturated carbocycles. The minimum atomic E-state index is -0.675. The number of aliphatic imine (C=N–C) groups is 1. The van der Waals surface area contributed by atoms with Crippen molar-refractivity contribution in [2.75, 3.05) is 0 Å². The second kappa shape index (κ2) is 5.38. The first-order valence-electron chi connectivity index (χ1n) is 5.27. The molecule has 3 N–H and O–H groups in total. The van der Waals surface area contributed by atoms with Gasteiger partial charge >= 0.3 is 6.09 Å². The number of nitrogens with one attached hydrogen (secondary N) is 1. The Balaban J connectivity index is 2.53. The van der Waals surface area contributed by atoms with Crippen LogP contribution in [0.2, 0.25) is 0 Å². The molecule has 0 radical (unpaired) electrons. The Bertz CT molecular complexity index is 425. The van der Waals surface area contributed by atoms with Crippen LogP contribution in [0.25, 0.3) is 0 Å². The average molecular weight is 272 g/mol. The number of hydrogen-bond acceptors (Lipinski definition) is 6. The number of hydrazone groups is 1.